The summed E-state index contributed by atoms with van der Waals surface area (Å²) in [6, 6.07) is 6.62. The molecule has 2 N–H and O–H groups in total. The van der Waals surface area contributed by atoms with Gasteiger partial charge in [0.1, 0.15) is 13.2 Å². The lowest BCUT2D eigenvalue weighted by atomic mass is 10.0. The molecule has 2 atom stereocenters. The minimum atomic E-state index is 0.104. The minimum absolute atomic E-state index is 0.104. The zero-order valence-electron chi connectivity index (χ0n) is 14.8. The number of ether oxygens (including phenoxy) is 2. The molecule has 0 saturated heterocycles. The number of nitrogens with two attached hydrogens (primary N) is 1. The zero-order valence-corrected chi connectivity index (χ0v) is 14.8. The molecule has 1 aliphatic heterocycles. The van der Waals surface area contributed by atoms with Crippen LogP contribution in [0.4, 0.5) is 0 Å². The van der Waals surface area contributed by atoms with Crippen LogP contribution in [-0.4, -0.2) is 36.1 Å². The average Bonchev–Trinajstić information content (AvgIpc) is 3.31. The Labute approximate surface area is 149 Å². The molecule has 4 rings (SSSR count). The number of hydrogen-bond acceptors (Lipinski definition) is 4. The molecule has 2 aliphatic carbocycles. The Morgan fingerprint density at radius 1 is 1.08 bits per heavy atom. The first-order chi connectivity index (χ1) is 12.2. The van der Waals surface area contributed by atoms with Gasteiger partial charge >= 0.3 is 0 Å². The van der Waals surface area contributed by atoms with Gasteiger partial charge in [0.15, 0.2) is 11.5 Å². The largest absolute Gasteiger partial charge is 0.486 e. The van der Waals surface area contributed by atoms with Crippen LogP contribution in [0.15, 0.2) is 18.2 Å². The lowest BCUT2D eigenvalue weighted by Crippen LogP contribution is -2.41. The van der Waals surface area contributed by atoms with Crippen molar-refractivity contribution in [2.75, 3.05) is 13.2 Å². The molecule has 0 radical (unpaired) electrons. The SMILES string of the molecule is N[C@@H]1CC[C@@H](C(=O)N(Cc2ccc3c(c2)OCCO3)C2CCCC2)C1. The Balaban J connectivity index is 1.52. The quantitative estimate of drug-likeness (QED) is 0.912. The third kappa shape index (κ3) is 3.61. The van der Waals surface area contributed by atoms with Crippen molar-refractivity contribution in [3.63, 3.8) is 0 Å². The Kier molecular flexibility index (Phi) is 4.84. The summed E-state index contributed by atoms with van der Waals surface area (Å²) >= 11 is 0. The van der Waals surface area contributed by atoms with Gasteiger partial charge in [-0.1, -0.05) is 18.9 Å². The third-order valence-corrected chi connectivity index (χ3v) is 5.83. The van der Waals surface area contributed by atoms with E-state index in [0.29, 0.717) is 31.7 Å². The summed E-state index contributed by atoms with van der Waals surface area (Å²) in [5.41, 5.74) is 7.16. The molecule has 5 heteroatoms. The smallest absolute Gasteiger partial charge is 0.226 e. The fraction of sp³-hybridized carbons (Fsp3) is 0.650. The highest BCUT2D eigenvalue weighted by Gasteiger charge is 2.35. The van der Waals surface area contributed by atoms with Crippen LogP contribution >= 0.6 is 0 Å². The summed E-state index contributed by atoms with van der Waals surface area (Å²) in [5.74, 6) is 2.00. The lowest BCUT2D eigenvalue weighted by Gasteiger charge is -2.32. The van der Waals surface area contributed by atoms with E-state index in [1.54, 1.807) is 0 Å². The number of rotatable bonds is 4. The molecule has 0 unspecified atom stereocenters. The van der Waals surface area contributed by atoms with Gasteiger partial charge in [0.25, 0.3) is 0 Å². The van der Waals surface area contributed by atoms with Gasteiger partial charge in [-0.25, -0.2) is 0 Å². The van der Waals surface area contributed by atoms with Crippen LogP contribution in [0.3, 0.4) is 0 Å². The number of hydrogen-bond donors (Lipinski definition) is 1. The fourth-order valence-corrected chi connectivity index (χ4v) is 4.46. The van der Waals surface area contributed by atoms with Gasteiger partial charge in [-0.15, -0.1) is 0 Å². The van der Waals surface area contributed by atoms with Crippen LogP contribution in [-0.2, 0) is 11.3 Å². The summed E-state index contributed by atoms with van der Waals surface area (Å²) in [4.78, 5) is 15.3. The molecule has 1 amide bonds. The maximum Gasteiger partial charge on any atom is 0.226 e. The van der Waals surface area contributed by atoms with E-state index < -0.39 is 0 Å². The van der Waals surface area contributed by atoms with Crippen LogP contribution in [0.1, 0.15) is 50.5 Å². The van der Waals surface area contributed by atoms with E-state index in [1.165, 1.54) is 12.8 Å². The second-order valence-corrected chi connectivity index (χ2v) is 7.65. The topological polar surface area (TPSA) is 64.8 Å². The number of benzene rings is 1. The van der Waals surface area contributed by atoms with Crippen molar-refractivity contribution in [1.82, 2.24) is 4.90 Å². The van der Waals surface area contributed by atoms with Gasteiger partial charge in [-0.05, 0) is 49.8 Å². The predicted molar refractivity (Wildman–Crippen MR) is 95.6 cm³/mol. The highest BCUT2D eigenvalue weighted by atomic mass is 16.6. The van der Waals surface area contributed by atoms with Crippen molar-refractivity contribution >= 4 is 5.91 Å². The van der Waals surface area contributed by atoms with E-state index in [9.17, 15) is 4.79 Å². The summed E-state index contributed by atoms with van der Waals surface area (Å²) in [5, 5.41) is 0. The molecule has 1 aromatic carbocycles. The second kappa shape index (κ2) is 7.24. The molecule has 5 nitrogen and oxygen atoms in total. The standard InChI is InChI=1S/C20H28N2O3/c21-16-7-6-15(12-16)20(23)22(17-3-1-2-4-17)13-14-5-8-18-19(11-14)25-10-9-24-18/h5,8,11,15-17H,1-4,6-7,9-10,12-13,21H2/t15-,16-/m1/s1. The molecule has 2 saturated carbocycles. The van der Waals surface area contributed by atoms with Crippen molar-refractivity contribution in [2.45, 2.75) is 63.6 Å². The molecule has 0 spiro atoms. The molecule has 2 fully saturated rings. The van der Waals surface area contributed by atoms with Gasteiger partial charge in [-0.2, -0.15) is 0 Å². The summed E-state index contributed by atoms with van der Waals surface area (Å²) in [7, 11) is 0. The normalized spacial score (nSPS) is 26.0. The highest BCUT2D eigenvalue weighted by Crippen LogP contribution is 2.34. The first kappa shape index (κ1) is 16.7. The molecule has 0 bridgehead atoms. The lowest BCUT2D eigenvalue weighted by molar-refractivity contribution is -0.138. The van der Waals surface area contributed by atoms with E-state index in [2.05, 4.69) is 11.0 Å². The number of carbonyl (C=O) groups excluding carboxylic acids is 1. The molecular formula is C20H28N2O3. The van der Waals surface area contributed by atoms with Gasteiger partial charge in [0, 0.05) is 24.5 Å². The molecule has 0 aromatic heterocycles. The first-order valence-electron chi connectivity index (χ1n) is 9.65. The number of carbonyl (C=O) groups is 1. The van der Waals surface area contributed by atoms with Crippen molar-refractivity contribution in [3.05, 3.63) is 23.8 Å². The minimum Gasteiger partial charge on any atom is -0.486 e. The molecule has 1 aromatic rings. The monoisotopic (exact) mass is 344 g/mol. The second-order valence-electron chi connectivity index (χ2n) is 7.65. The van der Waals surface area contributed by atoms with E-state index in [-0.39, 0.29) is 12.0 Å². The van der Waals surface area contributed by atoms with E-state index >= 15 is 0 Å². The highest BCUT2D eigenvalue weighted by molar-refractivity contribution is 5.79. The molecule has 3 aliphatic rings. The maximum absolute atomic E-state index is 13.2. The molecule has 25 heavy (non-hydrogen) atoms. The number of fused-ring (bicyclic) bond motifs is 1. The number of nitrogens with zero attached hydrogens (tertiary/aromatic N) is 1. The van der Waals surface area contributed by atoms with Gasteiger partial charge in [-0.3, -0.25) is 4.79 Å². The van der Waals surface area contributed by atoms with Crippen LogP contribution in [0, 0.1) is 5.92 Å². The van der Waals surface area contributed by atoms with Crippen LogP contribution in [0.5, 0.6) is 11.5 Å². The molecular weight excluding hydrogens is 316 g/mol. The van der Waals surface area contributed by atoms with E-state index in [0.717, 1.165) is 49.2 Å². The Bertz CT molecular complexity index is 627. The van der Waals surface area contributed by atoms with E-state index in [1.807, 2.05) is 12.1 Å². The summed E-state index contributed by atoms with van der Waals surface area (Å²) in [6.45, 7) is 1.84. The van der Waals surface area contributed by atoms with Crippen molar-refractivity contribution in [3.8, 4) is 11.5 Å². The molecule has 136 valence electrons. The first-order valence-corrected chi connectivity index (χ1v) is 9.65. The number of amides is 1. The third-order valence-electron chi connectivity index (χ3n) is 5.83. The summed E-state index contributed by atoms with van der Waals surface area (Å²) in [6.07, 6.45) is 7.43. The Hall–Kier alpha value is -1.75. The zero-order chi connectivity index (χ0) is 17.2. The van der Waals surface area contributed by atoms with E-state index in [4.69, 9.17) is 15.2 Å². The Morgan fingerprint density at radius 3 is 2.56 bits per heavy atom. The van der Waals surface area contributed by atoms with Crippen molar-refractivity contribution in [1.29, 1.82) is 0 Å². The maximum atomic E-state index is 13.2. The van der Waals surface area contributed by atoms with Gasteiger partial charge in [0.05, 0.1) is 0 Å². The fourth-order valence-electron chi connectivity index (χ4n) is 4.46. The van der Waals surface area contributed by atoms with Gasteiger partial charge in [0.2, 0.25) is 5.91 Å². The van der Waals surface area contributed by atoms with Gasteiger partial charge < -0.3 is 20.1 Å². The predicted octanol–water partition coefficient (Wildman–Crippen LogP) is 2.86. The molecule has 1 heterocycles. The van der Waals surface area contributed by atoms with Crippen LogP contribution in [0.2, 0.25) is 0 Å². The van der Waals surface area contributed by atoms with Crippen LogP contribution < -0.4 is 15.2 Å². The Morgan fingerprint density at radius 2 is 1.84 bits per heavy atom. The average molecular weight is 344 g/mol. The van der Waals surface area contributed by atoms with Crippen molar-refractivity contribution < 1.29 is 14.3 Å². The van der Waals surface area contributed by atoms with Crippen molar-refractivity contribution in [2.24, 2.45) is 11.7 Å². The van der Waals surface area contributed by atoms with Crippen LogP contribution in [0.25, 0.3) is 0 Å². The summed E-state index contributed by atoms with van der Waals surface area (Å²) < 4.78 is 11.3.